The van der Waals surface area contributed by atoms with Crippen LogP contribution in [0.5, 0.6) is 0 Å². The van der Waals surface area contributed by atoms with Crippen LogP contribution in [-0.2, 0) is 14.3 Å². The molecule has 0 radical (unpaired) electrons. The summed E-state index contributed by atoms with van der Waals surface area (Å²) >= 11 is 0. The Labute approximate surface area is 74.0 Å². The summed E-state index contributed by atoms with van der Waals surface area (Å²) in [5, 5.41) is 26.8. The van der Waals surface area contributed by atoms with Crippen molar-refractivity contribution in [3.63, 3.8) is 0 Å². The lowest BCUT2D eigenvalue weighted by atomic mass is 10.1. The highest BCUT2D eigenvalue weighted by Gasteiger charge is 2.34. The minimum Gasteiger partial charge on any atom is -0.510 e. The topological polar surface area (TPSA) is 96.2 Å². The Balaban J connectivity index is 2.80. The van der Waals surface area contributed by atoms with Crippen molar-refractivity contribution in [1.29, 1.82) is 0 Å². The van der Waals surface area contributed by atoms with Gasteiger partial charge in [0, 0.05) is 7.11 Å². The van der Waals surface area contributed by atoms with Gasteiger partial charge in [0.05, 0.1) is 0 Å². The van der Waals surface area contributed by atoms with Gasteiger partial charge in [-0.25, -0.2) is 4.79 Å². The smallest absolute Gasteiger partial charge is 0.337 e. The van der Waals surface area contributed by atoms with Crippen LogP contribution in [0.1, 0.15) is 0 Å². The fourth-order valence-corrected chi connectivity index (χ4v) is 0.965. The Morgan fingerprint density at radius 2 is 2.31 bits per heavy atom. The number of carboxylic acids is 1. The molecule has 0 fully saturated rings. The molecule has 0 spiro atoms. The summed E-state index contributed by atoms with van der Waals surface area (Å²) in [5.74, 6) is -1.70. The van der Waals surface area contributed by atoms with Crippen molar-refractivity contribution < 1.29 is 29.6 Å². The first kappa shape index (κ1) is 9.97. The van der Waals surface area contributed by atoms with Crippen LogP contribution in [0.3, 0.4) is 0 Å². The highest BCUT2D eigenvalue weighted by molar-refractivity contribution is 5.75. The molecule has 13 heavy (non-hydrogen) atoms. The Hall–Kier alpha value is -1.11. The van der Waals surface area contributed by atoms with Crippen molar-refractivity contribution in [3.05, 3.63) is 11.8 Å². The fraction of sp³-hybridized carbons (Fsp3) is 0.571. The third-order valence-electron chi connectivity index (χ3n) is 1.64. The van der Waals surface area contributed by atoms with E-state index in [1.807, 2.05) is 0 Å². The van der Waals surface area contributed by atoms with E-state index in [0.29, 0.717) is 0 Å². The van der Waals surface area contributed by atoms with Crippen molar-refractivity contribution >= 4 is 5.97 Å². The van der Waals surface area contributed by atoms with Gasteiger partial charge in [-0.15, -0.1) is 0 Å². The first-order valence-electron chi connectivity index (χ1n) is 3.56. The maximum atomic E-state index is 10.5. The largest absolute Gasteiger partial charge is 0.510 e. The molecule has 0 aromatic rings. The molecule has 1 aliphatic heterocycles. The van der Waals surface area contributed by atoms with E-state index in [1.165, 1.54) is 7.11 Å². The van der Waals surface area contributed by atoms with Gasteiger partial charge in [-0.2, -0.15) is 0 Å². The molecule has 0 saturated heterocycles. The minimum absolute atomic E-state index is 0.453. The van der Waals surface area contributed by atoms with Gasteiger partial charge in [0.25, 0.3) is 0 Å². The molecule has 0 amide bonds. The Morgan fingerprint density at radius 3 is 2.77 bits per heavy atom. The second kappa shape index (κ2) is 3.73. The van der Waals surface area contributed by atoms with E-state index in [9.17, 15) is 9.90 Å². The molecule has 0 bridgehead atoms. The lowest BCUT2D eigenvalue weighted by Crippen LogP contribution is -2.42. The molecule has 74 valence electrons. The van der Waals surface area contributed by atoms with Crippen LogP contribution < -0.4 is 0 Å². The van der Waals surface area contributed by atoms with Crippen molar-refractivity contribution in [2.24, 2.45) is 0 Å². The summed E-state index contributed by atoms with van der Waals surface area (Å²) in [6.07, 6.45) is -2.84. The number of ether oxygens (including phenoxy) is 2. The standard InChI is InChI=1S/C7H10O6/c1-12-7-5(9)3(8)2-4(13-7)6(10)11/h2,4-5,7-9H,1H3,(H,10,11)/t4?,5?,7-/m1/s1. The number of carboxylic acid groups (broad SMARTS) is 1. The minimum atomic E-state index is -1.33. The van der Waals surface area contributed by atoms with E-state index in [4.69, 9.17) is 14.9 Å². The summed E-state index contributed by atoms with van der Waals surface area (Å²) < 4.78 is 9.39. The third-order valence-corrected chi connectivity index (χ3v) is 1.64. The Morgan fingerprint density at radius 1 is 1.69 bits per heavy atom. The van der Waals surface area contributed by atoms with Gasteiger partial charge < -0.3 is 24.8 Å². The van der Waals surface area contributed by atoms with Gasteiger partial charge in [0.15, 0.2) is 18.5 Å². The molecule has 1 heterocycles. The van der Waals surface area contributed by atoms with Crippen molar-refractivity contribution in [3.8, 4) is 0 Å². The molecule has 6 nitrogen and oxygen atoms in total. The van der Waals surface area contributed by atoms with Crippen molar-refractivity contribution in [2.75, 3.05) is 7.11 Å². The van der Waals surface area contributed by atoms with Crippen molar-refractivity contribution in [1.82, 2.24) is 0 Å². The molecule has 3 N–H and O–H groups in total. The normalized spacial score (nSPS) is 34.0. The molecular weight excluding hydrogens is 180 g/mol. The van der Waals surface area contributed by atoms with E-state index in [1.54, 1.807) is 0 Å². The Kier molecular flexibility index (Phi) is 2.86. The molecule has 0 aromatic heterocycles. The number of rotatable bonds is 2. The van der Waals surface area contributed by atoms with E-state index in [2.05, 4.69) is 4.74 Å². The summed E-state index contributed by atoms with van der Waals surface area (Å²) in [7, 11) is 1.24. The number of aliphatic carboxylic acids is 1. The van der Waals surface area contributed by atoms with E-state index < -0.39 is 30.2 Å². The van der Waals surface area contributed by atoms with Crippen LogP contribution in [0.15, 0.2) is 11.8 Å². The molecule has 0 saturated carbocycles. The first-order valence-corrected chi connectivity index (χ1v) is 3.56. The second-order valence-corrected chi connectivity index (χ2v) is 2.54. The molecule has 1 rings (SSSR count). The number of methoxy groups -OCH3 is 1. The van der Waals surface area contributed by atoms with Crippen LogP contribution in [0.25, 0.3) is 0 Å². The molecular formula is C7H10O6. The highest BCUT2D eigenvalue weighted by atomic mass is 16.7. The maximum absolute atomic E-state index is 10.5. The number of aliphatic hydroxyl groups is 2. The molecule has 6 heteroatoms. The monoisotopic (exact) mass is 190 g/mol. The zero-order chi connectivity index (χ0) is 10.0. The summed E-state index contributed by atoms with van der Waals surface area (Å²) in [5.41, 5.74) is 0. The molecule has 0 aliphatic carbocycles. The number of hydrogen-bond acceptors (Lipinski definition) is 5. The molecule has 3 atom stereocenters. The zero-order valence-corrected chi connectivity index (χ0v) is 6.88. The third kappa shape index (κ3) is 1.97. The zero-order valence-electron chi connectivity index (χ0n) is 6.88. The van der Waals surface area contributed by atoms with Gasteiger partial charge in [-0.05, 0) is 6.08 Å². The summed E-state index contributed by atoms with van der Waals surface area (Å²) in [4.78, 5) is 10.5. The van der Waals surface area contributed by atoms with Crippen LogP contribution >= 0.6 is 0 Å². The highest BCUT2D eigenvalue weighted by Crippen LogP contribution is 2.18. The number of hydrogen-bond donors (Lipinski definition) is 3. The van der Waals surface area contributed by atoms with Gasteiger partial charge in [0.1, 0.15) is 5.76 Å². The van der Waals surface area contributed by atoms with Crippen LogP contribution in [0, 0.1) is 0 Å². The van der Waals surface area contributed by atoms with Crippen LogP contribution in [-0.4, -0.2) is 46.9 Å². The second-order valence-electron chi connectivity index (χ2n) is 2.54. The predicted octanol–water partition coefficient (Wildman–Crippen LogP) is -0.755. The van der Waals surface area contributed by atoms with E-state index in [0.717, 1.165) is 6.08 Å². The average molecular weight is 190 g/mol. The predicted molar refractivity (Wildman–Crippen MR) is 40.0 cm³/mol. The summed E-state index contributed by atoms with van der Waals surface area (Å²) in [6, 6.07) is 0. The lowest BCUT2D eigenvalue weighted by molar-refractivity contribution is -0.209. The number of aliphatic hydroxyl groups excluding tert-OH is 2. The van der Waals surface area contributed by atoms with Gasteiger partial charge in [-0.1, -0.05) is 0 Å². The quantitative estimate of drug-likeness (QED) is 0.530. The summed E-state index contributed by atoms with van der Waals surface area (Å²) in [6.45, 7) is 0. The average Bonchev–Trinajstić information content (AvgIpc) is 2.09. The van der Waals surface area contributed by atoms with Gasteiger partial charge in [-0.3, -0.25) is 0 Å². The molecule has 1 aliphatic rings. The molecule has 0 aromatic carbocycles. The van der Waals surface area contributed by atoms with Crippen LogP contribution in [0.2, 0.25) is 0 Å². The van der Waals surface area contributed by atoms with Gasteiger partial charge >= 0.3 is 5.97 Å². The molecule has 2 unspecified atom stereocenters. The SMILES string of the molecule is CO[C@@H]1OC(C(=O)O)C=C(O)C1O. The Bertz CT molecular complexity index is 235. The number of carbonyl (C=O) groups is 1. The van der Waals surface area contributed by atoms with Crippen molar-refractivity contribution in [2.45, 2.75) is 18.5 Å². The first-order chi connectivity index (χ1) is 6.06. The van der Waals surface area contributed by atoms with Gasteiger partial charge in [0.2, 0.25) is 0 Å². The fourth-order valence-electron chi connectivity index (χ4n) is 0.965. The van der Waals surface area contributed by atoms with Crippen LogP contribution in [0.4, 0.5) is 0 Å². The lowest BCUT2D eigenvalue weighted by Gasteiger charge is -2.28. The maximum Gasteiger partial charge on any atom is 0.337 e. The van der Waals surface area contributed by atoms with E-state index in [-0.39, 0.29) is 0 Å². The van der Waals surface area contributed by atoms with E-state index >= 15 is 0 Å².